The molecule has 0 saturated carbocycles. The summed E-state index contributed by atoms with van der Waals surface area (Å²) in [6.45, 7) is 4.41. The fourth-order valence-corrected chi connectivity index (χ4v) is 2.43. The van der Waals surface area contributed by atoms with Gasteiger partial charge in [-0.25, -0.2) is 0 Å². The van der Waals surface area contributed by atoms with Crippen molar-refractivity contribution in [3.05, 3.63) is 28.0 Å². The lowest BCUT2D eigenvalue weighted by atomic mass is 10.4. The van der Waals surface area contributed by atoms with E-state index in [9.17, 15) is 0 Å². The number of H-pyrrole nitrogens is 1. The van der Waals surface area contributed by atoms with Crippen LogP contribution in [0.4, 0.5) is 0 Å². The van der Waals surface area contributed by atoms with Crippen LogP contribution in [0.25, 0.3) is 11.2 Å². The van der Waals surface area contributed by atoms with Crippen LogP contribution in [0, 0.1) is 18.6 Å². The molecule has 3 aromatic heterocycles. The van der Waals surface area contributed by atoms with E-state index in [1.54, 1.807) is 0 Å². The van der Waals surface area contributed by atoms with Gasteiger partial charge in [0.15, 0.2) is 10.4 Å². The Hall–Kier alpha value is -1.89. The maximum absolute atomic E-state index is 5.34. The monoisotopic (exact) mass is 263 g/mol. The first-order valence-electron chi connectivity index (χ1n) is 5.60. The smallest absolute Gasteiger partial charge is 0.179 e. The van der Waals surface area contributed by atoms with E-state index in [-0.39, 0.29) is 0 Å². The highest BCUT2D eigenvalue weighted by atomic mass is 32.1. The van der Waals surface area contributed by atoms with E-state index in [1.165, 1.54) is 0 Å². The summed E-state index contributed by atoms with van der Waals surface area (Å²) in [6, 6.07) is 1.91. The first-order chi connectivity index (χ1) is 8.56. The van der Waals surface area contributed by atoms with Crippen molar-refractivity contribution >= 4 is 23.4 Å². The zero-order valence-corrected chi connectivity index (χ0v) is 11.2. The van der Waals surface area contributed by atoms with Crippen molar-refractivity contribution < 1.29 is 4.52 Å². The minimum Gasteiger partial charge on any atom is -0.361 e. The van der Waals surface area contributed by atoms with Crippen molar-refractivity contribution in [3.63, 3.8) is 0 Å². The maximum atomic E-state index is 5.34. The topological polar surface area (TPSA) is 64.6 Å². The molecule has 0 aliphatic carbocycles. The van der Waals surface area contributed by atoms with Gasteiger partial charge >= 0.3 is 0 Å². The first-order valence-corrected chi connectivity index (χ1v) is 6.01. The highest BCUT2D eigenvalue weighted by molar-refractivity contribution is 7.71. The average Bonchev–Trinajstić information content (AvgIpc) is 2.91. The Morgan fingerprint density at radius 2 is 2.22 bits per heavy atom. The van der Waals surface area contributed by atoms with Crippen LogP contribution in [-0.4, -0.2) is 24.5 Å². The van der Waals surface area contributed by atoms with Crippen molar-refractivity contribution in [1.82, 2.24) is 24.5 Å². The number of nitrogens with zero attached hydrogens (tertiary/aromatic N) is 4. The molecule has 0 spiro atoms. The Labute approximate surface area is 108 Å². The highest BCUT2D eigenvalue weighted by Crippen LogP contribution is 2.18. The molecule has 0 amide bonds. The molecule has 0 bridgehead atoms. The van der Waals surface area contributed by atoms with Gasteiger partial charge in [0.1, 0.15) is 17.0 Å². The summed E-state index contributed by atoms with van der Waals surface area (Å²) in [5, 5.41) is 8.36. The number of aromatic nitrogens is 5. The Kier molecular flexibility index (Phi) is 2.37. The molecule has 0 saturated heterocycles. The molecule has 0 fully saturated rings. The van der Waals surface area contributed by atoms with Gasteiger partial charge in [0.05, 0.1) is 12.2 Å². The zero-order valence-electron chi connectivity index (χ0n) is 10.4. The second-order valence-corrected chi connectivity index (χ2v) is 4.74. The number of aryl methyl sites for hydroxylation is 3. The molecule has 0 aliphatic rings. The third kappa shape index (κ3) is 1.59. The van der Waals surface area contributed by atoms with Gasteiger partial charge in [-0.2, -0.15) is 5.10 Å². The zero-order chi connectivity index (χ0) is 12.9. The van der Waals surface area contributed by atoms with E-state index < -0.39 is 0 Å². The second-order valence-electron chi connectivity index (χ2n) is 4.35. The second kappa shape index (κ2) is 3.81. The number of rotatable bonds is 2. The Bertz CT molecular complexity index is 775. The van der Waals surface area contributed by atoms with E-state index in [0.29, 0.717) is 11.3 Å². The molecule has 1 N–H and O–H groups in total. The lowest BCUT2D eigenvalue weighted by Gasteiger charge is -2.01. The summed E-state index contributed by atoms with van der Waals surface area (Å²) < 4.78 is 9.54. The number of imidazole rings is 1. The van der Waals surface area contributed by atoms with Crippen LogP contribution in [0.1, 0.15) is 17.1 Å². The normalized spacial score (nSPS) is 11.5. The Balaban J connectivity index is 2.16. The first kappa shape index (κ1) is 11.2. The number of nitrogens with one attached hydrogen (secondary N) is 1. The summed E-state index contributed by atoms with van der Waals surface area (Å²) in [5.74, 6) is 0.796. The molecule has 6 nitrogen and oxygen atoms in total. The summed E-state index contributed by atoms with van der Waals surface area (Å²) in [7, 11) is 1.91. The van der Waals surface area contributed by atoms with Gasteiger partial charge in [0.2, 0.25) is 0 Å². The SMILES string of the molecule is Cc1cc(Cn2c(=S)[nH]c3c(C)nn(C)c32)no1. The molecule has 7 heteroatoms. The van der Waals surface area contributed by atoms with Gasteiger partial charge in [-0.3, -0.25) is 9.25 Å². The fraction of sp³-hybridized carbons (Fsp3) is 0.364. The largest absolute Gasteiger partial charge is 0.361 e. The molecular weight excluding hydrogens is 250 g/mol. The molecule has 94 valence electrons. The van der Waals surface area contributed by atoms with Gasteiger partial charge in [-0.1, -0.05) is 5.16 Å². The quantitative estimate of drug-likeness (QED) is 0.719. The van der Waals surface area contributed by atoms with Crippen molar-refractivity contribution in [2.24, 2.45) is 7.05 Å². The van der Waals surface area contributed by atoms with E-state index in [2.05, 4.69) is 15.2 Å². The minimum absolute atomic E-state index is 0.579. The highest BCUT2D eigenvalue weighted by Gasteiger charge is 2.13. The summed E-state index contributed by atoms with van der Waals surface area (Å²) in [4.78, 5) is 3.18. The number of fused-ring (bicyclic) bond motifs is 1. The van der Waals surface area contributed by atoms with Crippen LogP contribution in [0.15, 0.2) is 10.6 Å². The molecule has 0 radical (unpaired) electrons. The number of hydrogen-bond donors (Lipinski definition) is 1. The lowest BCUT2D eigenvalue weighted by Crippen LogP contribution is -2.04. The molecule has 3 heterocycles. The molecule has 18 heavy (non-hydrogen) atoms. The van der Waals surface area contributed by atoms with Crippen LogP contribution in [0.3, 0.4) is 0 Å². The van der Waals surface area contributed by atoms with Crippen molar-refractivity contribution in [1.29, 1.82) is 0 Å². The van der Waals surface area contributed by atoms with E-state index in [4.69, 9.17) is 16.7 Å². The van der Waals surface area contributed by atoms with Crippen LogP contribution in [0.5, 0.6) is 0 Å². The summed E-state index contributed by atoms with van der Waals surface area (Å²) >= 11 is 5.34. The minimum atomic E-state index is 0.579. The molecule has 3 rings (SSSR count). The molecule has 0 aliphatic heterocycles. The van der Waals surface area contributed by atoms with Gasteiger partial charge < -0.3 is 9.51 Å². The predicted molar refractivity (Wildman–Crippen MR) is 69.0 cm³/mol. The number of hydrogen-bond acceptors (Lipinski definition) is 4. The maximum Gasteiger partial charge on any atom is 0.179 e. The van der Waals surface area contributed by atoms with E-state index in [1.807, 2.05) is 36.2 Å². The van der Waals surface area contributed by atoms with Crippen LogP contribution in [-0.2, 0) is 13.6 Å². The van der Waals surface area contributed by atoms with Gasteiger partial charge in [0.25, 0.3) is 0 Å². The third-order valence-corrected chi connectivity index (χ3v) is 3.24. The summed E-state index contributed by atoms with van der Waals surface area (Å²) in [6.07, 6.45) is 0. The fourth-order valence-electron chi connectivity index (χ4n) is 2.17. The van der Waals surface area contributed by atoms with Crippen molar-refractivity contribution in [2.75, 3.05) is 0 Å². The molecular formula is C11H13N5OS. The lowest BCUT2D eigenvalue weighted by molar-refractivity contribution is 0.389. The molecule has 0 aromatic carbocycles. The van der Waals surface area contributed by atoms with Gasteiger partial charge in [-0.15, -0.1) is 0 Å². The molecule has 3 aromatic rings. The van der Waals surface area contributed by atoms with Gasteiger partial charge in [-0.05, 0) is 26.1 Å². The van der Waals surface area contributed by atoms with Crippen LogP contribution >= 0.6 is 12.2 Å². The van der Waals surface area contributed by atoms with E-state index >= 15 is 0 Å². The molecule has 0 atom stereocenters. The van der Waals surface area contributed by atoms with Gasteiger partial charge in [0, 0.05) is 13.1 Å². The van der Waals surface area contributed by atoms with Crippen molar-refractivity contribution in [3.8, 4) is 0 Å². The number of aromatic amines is 1. The standard InChI is InChI=1S/C11H13N5OS/c1-6-4-8(14-17-6)5-16-10-9(12-11(16)18)7(2)13-15(10)3/h4H,5H2,1-3H3,(H,12,18). The van der Waals surface area contributed by atoms with Crippen molar-refractivity contribution in [2.45, 2.75) is 20.4 Å². The Morgan fingerprint density at radius 1 is 1.44 bits per heavy atom. The van der Waals surface area contributed by atoms with E-state index in [0.717, 1.165) is 28.3 Å². The third-order valence-electron chi connectivity index (χ3n) is 2.92. The molecule has 0 unspecified atom stereocenters. The van der Waals surface area contributed by atoms with Crippen LogP contribution in [0.2, 0.25) is 0 Å². The van der Waals surface area contributed by atoms with Crippen LogP contribution < -0.4 is 0 Å². The average molecular weight is 263 g/mol. The summed E-state index contributed by atoms with van der Waals surface area (Å²) in [5.41, 5.74) is 3.73. The predicted octanol–water partition coefficient (Wildman–Crippen LogP) is 2.09. The Morgan fingerprint density at radius 3 is 2.89 bits per heavy atom.